The van der Waals surface area contributed by atoms with Crippen molar-refractivity contribution in [3.05, 3.63) is 52.6 Å². The number of aromatic amines is 2. The second-order valence-electron chi connectivity index (χ2n) is 5.05. The molecule has 0 aliphatic rings. The van der Waals surface area contributed by atoms with Gasteiger partial charge in [0.2, 0.25) is 0 Å². The van der Waals surface area contributed by atoms with E-state index >= 15 is 0 Å². The van der Waals surface area contributed by atoms with Crippen LogP contribution in [-0.2, 0) is 5.75 Å². The van der Waals surface area contributed by atoms with E-state index in [0.29, 0.717) is 28.1 Å². The highest BCUT2D eigenvalue weighted by Gasteiger charge is 2.10. The average Bonchev–Trinajstić information content (AvgIpc) is 3.02. The summed E-state index contributed by atoms with van der Waals surface area (Å²) in [6, 6.07) is 5.66. The Kier molecular flexibility index (Phi) is 3.30. The van der Waals surface area contributed by atoms with Crippen molar-refractivity contribution < 1.29 is 0 Å². The van der Waals surface area contributed by atoms with Crippen molar-refractivity contribution in [1.82, 2.24) is 29.9 Å². The van der Waals surface area contributed by atoms with E-state index < -0.39 is 0 Å². The Morgan fingerprint density at radius 3 is 3.04 bits per heavy atom. The van der Waals surface area contributed by atoms with E-state index in [2.05, 4.69) is 29.9 Å². The fraction of sp³-hybridized carbons (Fsp3) is 0.133. The molecule has 8 heteroatoms. The van der Waals surface area contributed by atoms with Crippen LogP contribution in [0.4, 0.5) is 0 Å². The molecule has 0 unspecified atom stereocenters. The number of nitrogens with one attached hydrogen (secondary N) is 2. The number of H-pyrrole nitrogens is 2. The van der Waals surface area contributed by atoms with E-state index in [9.17, 15) is 4.79 Å². The topological polar surface area (TPSA) is 100 Å². The molecule has 0 spiro atoms. The number of fused-ring (bicyclic) bond motifs is 2. The lowest BCUT2D eigenvalue weighted by Crippen LogP contribution is -2.12. The van der Waals surface area contributed by atoms with Crippen molar-refractivity contribution in [3.63, 3.8) is 0 Å². The molecule has 4 aromatic rings. The van der Waals surface area contributed by atoms with E-state index in [1.807, 2.05) is 25.1 Å². The Morgan fingerprint density at radius 1 is 1.22 bits per heavy atom. The lowest BCUT2D eigenvalue weighted by atomic mass is 10.1. The van der Waals surface area contributed by atoms with Gasteiger partial charge >= 0.3 is 0 Å². The molecule has 0 bridgehead atoms. The van der Waals surface area contributed by atoms with Crippen LogP contribution in [0.5, 0.6) is 0 Å². The third kappa shape index (κ3) is 2.46. The van der Waals surface area contributed by atoms with E-state index in [4.69, 9.17) is 0 Å². The minimum absolute atomic E-state index is 0.113. The summed E-state index contributed by atoms with van der Waals surface area (Å²) in [7, 11) is 0. The van der Waals surface area contributed by atoms with Gasteiger partial charge in [-0.1, -0.05) is 23.9 Å². The smallest absolute Gasteiger partial charge is 0.259 e. The third-order valence-corrected chi connectivity index (χ3v) is 4.53. The van der Waals surface area contributed by atoms with Crippen LogP contribution in [0.15, 0.2) is 40.7 Å². The van der Waals surface area contributed by atoms with Crippen molar-refractivity contribution in [2.45, 2.75) is 17.7 Å². The molecule has 0 fully saturated rings. The molecule has 0 amide bonds. The van der Waals surface area contributed by atoms with Crippen LogP contribution >= 0.6 is 11.8 Å². The van der Waals surface area contributed by atoms with Gasteiger partial charge in [0, 0.05) is 0 Å². The van der Waals surface area contributed by atoms with Gasteiger partial charge in [-0.25, -0.2) is 19.9 Å². The first kappa shape index (κ1) is 13.9. The maximum absolute atomic E-state index is 12.3. The Bertz CT molecular complexity index is 1070. The Labute approximate surface area is 134 Å². The summed E-state index contributed by atoms with van der Waals surface area (Å²) in [4.78, 5) is 35.1. The normalized spacial score (nSPS) is 11.3. The molecule has 4 rings (SSSR count). The minimum atomic E-state index is -0.113. The quantitative estimate of drug-likeness (QED) is 0.442. The van der Waals surface area contributed by atoms with Crippen molar-refractivity contribution in [2.24, 2.45) is 0 Å². The summed E-state index contributed by atoms with van der Waals surface area (Å²) in [6.45, 7) is 1.91. The van der Waals surface area contributed by atoms with Gasteiger partial charge in [-0.2, -0.15) is 0 Å². The lowest BCUT2D eigenvalue weighted by Gasteiger charge is -2.05. The number of aryl methyl sites for hydroxylation is 1. The van der Waals surface area contributed by atoms with E-state index in [1.165, 1.54) is 18.1 Å². The van der Waals surface area contributed by atoms with Crippen LogP contribution < -0.4 is 5.56 Å². The molecule has 3 heterocycles. The van der Waals surface area contributed by atoms with E-state index in [-0.39, 0.29) is 5.56 Å². The highest BCUT2D eigenvalue weighted by Crippen LogP contribution is 2.24. The molecule has 1 aromatic carbocycles. The molecule has 0 radical (unpaired) electrons. The van der Waals surface area contributed by atoms with Crippen molar-refractivity contribution in [2.75, 3.05) is 0 Å². The van der Waals surface area contributed by atoms with Crippen molar-refractivity contribution >= 4 is 33.8 Å². The summed E-state index contributed by atoms with van der Waals surface area (Å²) in [6.07, 6.45) is 3.06. The van der Waals surface area contributed by atoms with Crippen LogP contribution in [0.3, 0.4) is 0 Å². The van der Waals surface area contributed by atoms with Gasteiger partial charge in [-0.15, -0.1) is 0 Å². The monoisotopic (exact) mass is 324 g/mol. The Hall–Kier alpha value is -2.74. The van der Waals surface area contributed by atoms with Gasteiger partial charge in [0.05, 0.1) is 23.0 Å². The molecule has 0 saturated heterocycles. The Balaban J connectivity index is 1.68. The summed E-state index contributed by atoms with van der Waals surface area (Å²) < 4.78 is 0. The zero-order valence-electron chi connectivity index (χ0n) is 12.2. The van der Waals surface area contributed by atoms with Crippen LogP contribution in [0.1, 0.15) is 11.4 Å². The molecule has 7 nitrogen and oxygen atoms in total. The zero-order chi connectivity index (χ0) is 15.8. The van der Waals surface area contributed by atoms with E-state index in [0.717, 1.165) is 16.1 Å². The molecule has 0 aliphatic heterocycles. The SMILES string of the molecule is Cc1cccc2nc(CSc3ncnc4nc[nH]c34)[nH]c(=O)c12. The molecule has 2 N–H and O–H groups in total. The summed E-state index contributed by atoms with van der Waals surface area (Å²) in [5.41, 5.74) is 2.93. The van der Waals surface area contributed by atoms with Gasteiger partial charge in [-0.3, -0.25) is 4.79 Å². The average molecular weight is 324 g/mol. The molecule has 114 valence electrons. The largest absolute Gasteiger partial charge is 0.341 e. The molecule has 0 aliphatic carbocycles. The number of aromatic nitrogens is 6. The first-order valence-corrected chi connectivity index (χ1v) is 7.96. The van der Waals surface area contributed by atoms with Gasteiger partial charge in [0.1, 0.15) is 22.7 Å². The molecule has 0 saturated carbocycles. The van der Waals surface area contributed by atoms with E-state index in [1.54, 1.807) is 6.33 Å². The first-order chi connectivity index (χ1) is 11.2. The molecule has 0 atom stereocenters. The molecular formula is C15H12N6OS. The fourth-order valence-corrected chi connectivity index (χ4v) is 3.29. The van der Waals surface area contributed by atoms with Gasteiger partial charge < -0.3 is 9.97 Å². The van der Waals surface area contributed by atoms with Crippen molar-refractivity contribution in [1.29, 1.82) is 0 Å². The standard InChI is InChI=1S/C15H12N6OS/c1-8-3-2-4-9-11(8)14(22)21-10(20-9)5-23-15-12-13(17-6-16-12)18-7-19-15/h2-4,6-7H,5H2,1H3,(H,20,21,22)(H,16,17,18,19). The highest BCUT2D eigenvalue weighted by atomic mass is 32.2. The van der Waals surface area contributed by atoms with Gasteiger partial charge in [0.15, 0.2) is 5.65 Å². The fourth-order valence-electron chi connectivity index (χ4n) is 2.47. The zero-order valence-corrected chi connectivity index (χ0v) is 13.0. The van der Waals surface area contributed by atoms with Gasteiger partial charge in [-0.05, 0) is 18.6 Å². The number of nitrogens with zero attached hydrogens (tertiary/aromatic N) is 4. The summed E-state index contributed by atoms with van der Waals surface area (Å²) in [5.74, 6) is 1.12. The molecule has 3 aromatic heterocycles. The molecular weight excluding hydrogens is 312 g/mol. The minimum Gasteiger partial charge on any atom is -0.341 e. The molecule has 23 heavy (non-hydrogen) atoms. The highest BCUT2D eigenvalue weighted by molar-refractivity contribution is 7.98. The van der Waals surface area contributed by atoms with Crippen LogP contribution in [0.25, 0.3) is 22.1 Å². The second-order valence-corrected chi connectivity index (χ2v) is 6.01. The van der Waals surface area contributed by atoms with Crippen LogP contribution in [0, 0.1) is 6.92 Å². The second kappa shape index (κ2) is 5.47. The lowest BCUT2D eigenvalue weighted by molar-refractivity contribution is 1.03. The van der Waals surface area contributed by atoms with Crippen LogP contribution in [0.2, 0.25) is 0 Å². The number of benzene rings is 1. The maximum atomic E-state index is 12.3. The maximum Gasteiger partial charge on any atom is 0.259 e. The number of hydrogen-bond acceptors (Lipinski definition) is 6. The number of thioether (sulfide) groups is 1. The number of rotatable bonds is 3. The summed E-state index contributed by atoms with van der Waals surface area (Å²) in [5, 5.41) is 1.42. The number of imidazole rings is 1. The summed E-state index contributed by atoms with van der Waals surface area (Å²) >= 11 is 1.47. The predicted octanol–water partition coefficient (Wildman–Crippen LogP) is 2.19. The first-order valence-electron chi connectivity index (χ1n) is 6.98. The third-order valence-electron chi connectivity index (χ3n) is 3.52. The Morgan fingerprint density at radius 2 is 2.13 bits per heavy atom. The van der Waals surface area contributed by atoms with Crippen LogP contribution in [-0.4, -0.2) is 29.9 Å². The predicted molar refractivity (Wildman–Crippen MR) is 88.3 cm³/mol. The number of hydrogen-bond donors (Lipinski definition) is 2. The van der Waals surface area contributed by atoms with Crippen molar-refractivity contribution in [3.8, 4) is 0 Å². The van der Waals surface area contributed by atoms with Gasteiger partial charge in [0.25, 0.3) is 5.56 Å².